The molecule has 3 rings (SSSR count). The van der Waals surface area contributed by atoms with E-state index in [1.54, 1.807) is 0 Å². The van der Waals surface area contributed by atoms with E-state index in [9.17, 15) is 4.79 Å². The predicted molar refractivity (Wildman–Crippen MR) is 124 cm³/mol. The first kappa shape index (κ1) is 21.4. The fourth-order valence-corrected chi connectivity index (χ4v) is 4.79. The highest BCUT2D eigenvalue weighted by Gasteiger charge is 2.22. The van der Waals surface area contributed by atoms with Crippen molar-refractivity contribution < 1.29 is 4.79 Å². The lowest BCUT2D eigenvalue weighted by Gasteiger charge is -2.26. The smallest absolute Gasteiger partial charge is 0.265 e. The molecule has 0 bridgehead atoms. The Morgan fingerprint density at radius 1 is 1.07 bits per heavy atom. The molecule has 0 atom stereocenters. The molecule has 0 aliphatic heterocycles. The minimum atomic E-state index is -0.446. The lowest BCUT2D eigenvalue weighted by Crippen LogP contribution is -2.28. The van der Waals surface area contributed by atoms with Crippen LogP contribution in [0, 0.1) is 20.8 Å². The molecule has 1 aromatic carbocycles. The fourth-order valence-electron chi connectivity index (χ4n) is 4.11. The molecular weight excluding hydrogens is 428 g/mol. The molecule has 1 amide bonds. The number of nitrogens with zero attached hydrogens (tertiary/aromatic N) is 3. The number of halogens is 1. The van der Waals surface area contributed by atoms with E-state index in [1.807, 2.05) is 17.4 Å². The molecule has 2 N–H and O–H groups in total. The summed E-state index contributed by atoms with van der Waals surface area (Å²) in [4.78, 5) is 19.6. The lowest BCUT2D eigenvalue weighted by molar-refractivity contribution is 0.0995. The number of carbonyl (C=O) groups excluding carboxylic acids is 1. The first-order valence-corrected chi connectivity index (χ1v) is 10.9. The Labute approximate surface area is 181 Å². The summed E-state index contributed by atoms with van der Waals surface area (Å²) in [5.41, 5.74) is 12.3. The molecule has 29 heavy (non-hydrogen) atoms. The summed E-state index contributed by atoms with van der Waals surface area (Å²) in [6, 6.07) is 8.13. The number of nitrogens with two attached hydrogens (primary N) is 1. The highest BCUT2D eigenvalue weighted by Crippen LogP contribution is 2.36. The van der Waals surface area contributed by atoms with Gasteiger partial charge in [-0.15, -0.1) is 0 Å². The molecule has 0 saturated carbocycles. The second-order valence-electron chi connectivity index (χ2n) is 7.62. The van der Waals surface area contributed by atoms with E-state index in [2.05, 4.69) is 66.7 Å². The van der Waals surface area contributed by atoms with Crippen molar-refractivity contribution in [3.63, 3.8) is 0 Å². The maximum atomic E-state index is 12.4. The van der Waals surface area contributed by atoms with Crippen molar-refractivity contribution in [2.75, 3.05) is 18.0 Å². The first-order valence-electron chi connectivity index (χ1n) is 10.1. The van der Waals surface area contributed by atoms with E-state index >= 15 is 0 Å². The van der Waals surface area contributed by atoms with Gasteiger partial charge in [-0.25, -0.2) is 4.98 Å². The normalized spacial score (nSPS) is 11.2. The van der Waals surface area contributed by atoms with Gasteiger partial charge in [-0.05, 0) is 68.5 Å². The van der Waals surface area contributed by atoms with Crippen LogP contribution in [0.15, 0.2) is 28.7 Å². The molecule has 0 unspecified atom stereocenters. The van der Waals surface area contributed by atoms with Crippen molar-refractivity contribution in [2.45, 2.75) is 47.5 Å². The summed E-state index contributed by atoms with van der Waals surface area (Å²) >= 11 is 3.57. The number of aromatic nitrogens is 2. The minimum absolute atomic E-state index is 0.446. The van der Waals surface area contributed by atoms with Crippen molar-refractivity contribution in [1.29, 1.82) is 0 Å². The predicted octanol–water partition coefficient (Wildman–Crippen LogP) is 5.41. The highest BCUT2D eigenvalue weighted by atomic mass is 79.9. The van der Waals surface area contributed by atoms with Gasteiger partial charge in [-0.1, -0.05) is 29.8 Å². The Morgan fingerprint density at radius 3 is 2.17 bits per heavy atom. The third-order valence-corrected chi connectivity index (χ3v) is 5.61. The number of hydrogen-bond acceptors (Lipinski definition) is 3. The zero-order valence-electron chi connectivity index (χ0n) is 17.8. The van der Waals surface area contributed by atoms with Crippen molar-refractivity contribution in [3.05, 3.63) is 51.3 Å². The molecule has 0 spiro atoms. The third kappa shape index (κ3) is 4.04. The van der Waals surface area contributed by atoms with Gasteiger partial charge in [0.25, 0.3) is 5.91 Å². The number of hydrogen-bond donors (Lipinski definition) is 1. The first-order chi connectivity index (χ1) is 13.8. The molecule has 0 aliphatic rings. The van der Waals surface area contributed by atoms with Crippen LogP contribution in [0.25, 0.3) is 16.8 Å². The molecule has 0 aliphatic carbocycles. The van der Waals surface area contributed by atoms with Crippen LogP contribution in [-0.2, 0) is 0 Å². The van der Waals surface area contributed by atoms with Gasteiger partial charge in [0.05, 0.1) is 0 Å². The van der Waals surface area contributed by atoms with Crippen molar-refractivity contribution >= 4 is 33.3 Å². The number of aryl methyl sites for hydroxylation is 3. The average molecular weight is 457 g/mol. The molecule has 0 radical (unpaired) electrons. The van der Waals surface area contributed by atoms with Crippen LogP contribution in [-0.4, -0.2) is 28.4 Å². The number of rotatable bonds is 7. The van der Waals surface area contributed by atoms with E-state index in [1.165, 1.54) is 0 Å². The SMILES string of the molecule is CCCN(CCC)c1cc(C)nc2c(-c3c(C)cc(Br)cc3C)cc(C(N)=O)n12. The van der Waals surface area contributed by atoms with Crippen LogP contribution in [0.1, 0.15) is 54.0 Å². The monoisotopic (exact) mass is 456 g/mol. The van der Waals surface area contributed by atoms with Gasteiger partial charge in [0.15, 0.2) is 0 Å². The van der Waals surface area contributed by atoms with Crippen molar-refractivity contribution in [3.8, 4) is 11.1 Å². The van der Waals surface area contributed by atoms with Gasteiger partial charge in [-0.3, -0.25) is 9.20 Å². The molecule has 0 saturated heterocycles. The number of amides is 1. The Hall–Kier alpha value is -2.34. The molecule has 0 fully saturated rings. The second kappa shape index (κ2) is 8.57. The van der Waals surface area contributed by atoms with Gasteiger partial charge >= 0.3 is 0 Å². The van der Waals surface area contributed by atoms with E-state index in [0.717, 1.165) is 69.8 Å². The number of carbonyl (C=O) groups is 1. The maximum Gasteiger partial charge on any atom is 0.265 e. The molecule has 2 aromatic heterocycles. The van der Waals surface area contributed by atoms with Crippen LogP contribution in [0.5, 0.6) is 0 Å². The van der Waals surface area contributed by atoms with E-state index in [-0.39, 0.29) is 0 Å². The zero-order chi connectivity index (χ0) is 21.3. The van der Waals surface area contributed by atoms with Gasteiger partial charge in [0, 0.05) is 34.9 Å². The number of anilines is 1. The van der Waals surface area contributed by atoms with Gasteiger partial charge in [0.2, 0.25) is 0 Å². The quantitative estimate of drug-likeness (QED) is 0.516. The Bertz CT molecular complexity index is 1040. The van der Waals surface area contributed by atoms with Gasteiger partial charge < -0.3 is 10.6 Å². The third-order valence-electron chi connectivity index (χ3n) is 5.15. The Kier molecular flexibility index (Phi) is 6.32. The summed E-state index contributed by atoms with van der Waals surface area (Å²) in [5, 5.41) is 0. The Morgan fingerprint density at radius 2 is 1.66 bits per heavy atom. The minimum Gasteiger partial charge on any atom is -0.364 e. The van der Waals surface area contributed by atoms with Gasteiger partial charge in [0.1, 0.15) is 17.2 Å². The molecular formula is C23H29BrN4O. The standard InChI is InChI=1S/C23H29BrN4O/c1-6-8-27(9-7-2)20-12-16(5)26-23-18(13-19(22(25)29)28(20)23)21-14(3)10-17(24)11-15(21)4/h10-13H,6-9H2,1-5H3,(H2,25,29). The summed E-state index contributed by atoms with van der Waals surface area (Å²) in [5.74, 6) is 0.530. The average Bonchev–Trinajstić information content (AvgIpc) is 2.99. The van der Waals surface area contributed by atoms with E-state index in [0.29, 0.717) is 5.69 Å². The van der Waals surface area contributed by atoms with Crippen molar-refractivity contribution in [2.24, 2.45) is 5.73 Å². The zero-order valence-corrected chi connectivity index (χ0v) is 19.4. The Balaban J connectivity index is 2.40. The number of fused-ring (bicyclic) bond motifs is 1. The molecule has 154 valence electrons. The second-order valence-corrected chi connectivity index (χ2v) is 8.54. The van der Waals surface area contributed by atoms with Crippen LogP contribution >= 0.6 is 15.9 Å². The van der Waals surface area contributed by atoms with Crippen LogP contribution in [0.3, 0.4) is 0 Å². The summed E-state index contributed by atoms with van der Waals surface area (Å²) < 4.78 is 2.98. The summed E-state index contributed by atoms with van der Waals surface area (Å²) in [6.07, 6.45) is 2.04. The molecule has 2 heterocycles. The summed E-state index contributed by atoms with van der Waals surface area (Å²) in [6.45, 7) is 12.3. The van der Waals surface area contributed by atoms with E-state index < -0.39 is 5.91 Å². The molecule has 3 aromatic rings. The van der Waals surface area contributed by atoms with Gasteiger partial charge in [-0.2, -0.15) is 0 Å². The van der Waals surface area contributed by atoms with Crippen LogP contribution in [0.2, 0.25) is 0 Å². The number of benzene rings is 1. The molecule has 5 nitrogen and oxygen atoms in total. The molecule has 6 heteroatoms. The topological polar surface area (TPSA) is 63.6 Å². The maximum absolute atomic E-state index is 12.4. The highest BCUT2D eigenvalue weighted by molar-refractivity contribution is 9.10. The summed E-state index contributed by atoms with van der Waals surface area (Å²) in [7, 11) is 0. The van der Waals surface area contributed by atoms with Crippen molar-refractivity contribution in [1.82, 2.24) is 9.38 Å². The lowest BCUT2D eigenvalue weighted by atomic mass is 9.97. The largest absolute Gasteiger partial charge is 0.364 e. The number of primary amides is 1. The van der Waals surface area contributed by atoms with Crippen LogP contribution in [0.4, 0.5) is 5.82 Å². The van der Waals surface area contributed by atoms with Crippen LogP contribution < -0.4 is 10.6 Å². The van der Waals surface area contributed by atoms with E-state index in [4.69, 9.17) is 10.7 Å². The fraction of sp³-hybridized carbons (Fsp3) is 0.391.